The number of anilines is 1. The van der Waals surface area contributed by atoms with Crippen LogP contribution in [0.2, 0.25) is 0 Å². The second-order valence-electron chi connectivity index (χ2n) is 7.42. The van der Waals surface area contributed by atoms with Gasteiger partial charge < -0.3 is 5.32 Å². The van der Waals surface area contributed by atoms with Crippen molar-refractivity contribution in [2.24, 2.45) is 10.9 Å². The van der Waals surface area contributed by atoms with E-state index in [0.717, 1.165) is 39.8 Å². The van der Waals surface area contributed by atoms with Crippen LogP contribution in [0.1, 0.15) is 39.3 Å². The van der Waals surface area contributed by atoms with Gasteiger partial charge in [-0.15, -0.1) is 5.10 Å². The Morgan fingerprint density at radius 2 is 2.04 bits per heavy atom. The number of aromatic nitrogens is 4. The molecule has 3 aromatic heterocycles. The maximum Gasteiger partial charge on any atom is 0.241 e. The van der Waals surface area contributed by atoms with E-state index in [1.165, 1.54) is 12.8 Å². The summed E-state index contributed by atoms with van der Waals surface area (Å²) in [5, 5.41) is 8.00. The average molecular weight is 348 g/mol. The number of nitrogens with one attached hydrogen (secondary N) is 1. The van der Waals surface area contributed by atoms with Crippen LogP contribution in [-0.4, -0.2) is 31.3 Å². The van der Waals surface area contributed by atoms with Crippen LogP contribution in [0.25, 0.3) is 16.8 Å². The standard InChI is InChI=1S/C20H24N6/c1-12(2)22-17-5-6-18(23-14(17)4)16-7-8-26-19(16)11-21-20(25-26)24-15-9-13(3)10-15/h5-8,11,13,15H,9-10H2,1-4H3,(H,24,25)/t13-,15+. The first kappa shape index (κ1) is 16.7. The normalized spacial score (nSPS) is 19.2. The van der Waals surface area contributed by atoms with Crippen molar-refractivity contribution >= 4 is 22.9 Å². The predicted molar refractivity (Wildman–Crippen MR) is 105 cm³/mol. The summed E-state index contributed by atoms with van der Waals surface area (Å²) in [6.45, 7) is 8.24. The Hall–Kier alpha value is -2.76. The summed E-state index contributed by atoms with van der Waals surface area (Å²) >= 11 is 0. The van der Waals surface area contributed by atoms with Crippen LogP contribution in [-0.2, 0) is 0 Å². The van der Waals surface area contributed by atoms with Crippen molar-refractivity contribution in [3.63, 3.8) is 0 Å². The summed E-state index contributed by atoms with van der Waals surface area (Å²) in [5.74, 6) is 1.48. The minimum atomic E-state index is 0.497. The molecule has 1 fully saturated rings. The molecule has 4 rings (SSSR count). The van der Waals surface area contributed by atoms with Gasteiger partial charge in [0.15, 0.2) is 0 Å². The number of pyridine rings is 1. The molecule has 6 nitrogen and oxygen atoms in total. The van der Waals surface area contributed by atoms with E-state index in [4.69, 9.17) is 4.98 Å². The number of hydrogen-bond acceptors (Lipinski definition) is 5. The van der Waals surface area contributed by atoms with E-state index >= 15 is 0 Å². The third-order valence-electron chi connectivity index (χ3n) is 4.80. The Morgan fingerprint density at radius 3 is 2.73 bits per heavy atom. The SMILES string of the molecule is CC(C)=Nc1ccc(-c2ccn3nc(N[C@H]4C[C@@H](C)C4)ncc23)nc1C. The summed E-state index contributed by atoms with van der Waals surface area (Å²) < 4.78 is 1.87. The molecule has 0 spiro atoms. The molecule has 134 valence electrons. The van der Waals surface area contributed by atoms with E-state index in [1.807, 2.05) is 55.9 Å². The van der Waals surface area contributed by atoms with Crippen LogP contribution in [0.15, 0.2) is 35.6 Å². The predicted octanol–water partition coefficient (Wildman–Crippen LogP) is 4.42. The van der Waals surface area contributed by atoms with Crippen LogP contribution in [0.3, 0.4) is 0 Å². The fourth-order valence-corrected chi connectivity index (χ4v) is 3.45. The van der Waals surface area contributed by atoms with Crippen molar-refractivity contribution in [3.05, 3.63) is 36.3 Å². The second-order valence-corrected chi connectivity index (χ2v) is 7.42. The molecule has 6 heteroatoms. The Labute approximate surface area is 153 Å². The van der Waals surface area contributed by atoms with Gasteiger partial charge in [0.2, 0.25) is 5.95 Å². The monoisotopic (exact) mass is 348 g/mol. The Bertz CT molecular complexity index is 977. The zero-order valence-corrected chi connectivity index (χ0v) is 15.7. The topological polar surface area (TPSA) is 67.5 Å². The maximum atomic E-state index is 4.73. The van der Waals surface area contributed by atoms with Gasteiger partial charge in [0.1, 0.15) is 0 Å². The molecule has 0 atom stereocenters. The van der Waals surface area contributed by atoms with E-state index in [2.05, 4.69) is 27.3 Å². The summed E-state index contributed by atoms with van der Waals surface area (Å²) in [6.07, 6.45) is 6.20. The van der Waals surface area contributed by atoms with Crippen LogP contribution in [0, 0.1) is 12.8 Å². The molecule has 0 saturated heterocycles. The van der Waals surface area contributed by atoms with Gasteiger partial charge in [-0.05, 0) is 57.7 Å². The lowest BCUT2D eigenvalue weighted by Gasteiger charge is -2.33. The number of hydrogen-bond donors (Lipinski definition) is 1. The third kappa shape index (κ3) is 3.19. The minimum absolute atomic E-state index is 0.497. The van der Waals surface area contributed by atoms with Crippen molar-refractivity contribution in [1.29, 1.82) is 0 Å². The first-order valence-electron chi connectivity index (χ1n) is 9.10. The third-order valence-corrected chi connectivity index (χ3v) is 4.80. The summed E-state index contributed by atoms with van der Waals surface area (Å²) in [7, 11) is 0. The van der Waals surface area contributed by atoms with Gasteiger partial charge in [0.25, 0.3) is 0 Å². The molecule has 3 heterocycles. The highest BCUT2D eigenvalue weighted by atomic mass is 15.3. The molecule has 0 radical (unpaired) electrons. The maximum absolute atomic E-state index is 4.73. The van der Waals surface area contributed by atoms with Gasteiger partial charge in [0, 0.05) is 23.5 Å². The number of aliphatic imine (C=N–C) groups is 1. The molecule has 0 aromatic carbocycles. The van der Waals surface area contributed by atoms with E-state index < -0.39 is 0 Å². The molecule has 0 amide bonds. The van der Waals surface area contributed by atoms with Gasteiger partial charge in [-0.1, -0.05) is 6.92 Å². The molecule has 3 aromatic rings. The van der Waals surface area contributed by atoms with Gasteiger partial charge in [0.05, 0.1) is 28.8 Å². The van der Waals surface area contributed by atoms with Gasteiger partial charge in [-0.2, -0.15) is 0 Å². The Kier molecular flexibility index (Phi) is 4.18. The smallest absolute Gasteiger partial charge is 0.241 e. The largest absolute Gasteiger partial charge is 0.350 e. The molecular weight excluding hydrogens is 324 g/mol. The van der Waals surface area contributed by atoms with Gasteiger partial charge >= 0.3 is 0 Å². The van der Waals surface area contributed by atoms with E-state index in [1.54, 1.807) is 0 Å². The van der Waals surface area contributed by atoms with Crippen molar-refractivity contribution in [2.75, 3.05) is 5.32 Å². The van der Waals surface area contributed by atoms with Crippen LogP contribution in [0.5, 0.6) is 0 Å². The molecule has 1 saturated carbocycles. The highest BCUT2D eigenvalue weighted by Crippen LogP contribution is 2.30. The molecule has 0 unspecified atom stereocenters. The Morgan fingerprint density at radius 1 is 1.23 bits per heavy atom. The highest BCUT2D eigenvalue weighted by molar-refractivity contribution is 5.83. The second kappa shape index (κ2) is 6.52. The number of nitrogens with zero attached hydrogens (tertiary/aromatic N) is 5. The minimum Gasteiger partial charge on any atom is -0.350 e. The van der Waals surface area contributed by atoms with E-state index in [-0.39, 0.29) is 0 Å². The summed E-state index contributed by atoms with van der Waals surface area (Å²) in [4.78, 5) is 13.7. The van der Waals surface area contributed by atoms with Crippen LogP contribution < -0.4 is 5.32 Å². The van der Waals surface area contributed by atoms with E-state index in [9.17, 15) is 0 Å². The van der Waals surface area contributed by atoms with Gasteiger partial charge in [-0.3, -0.25) is 9.98 Å². The summed E-state index contributed by atoms with van der Waals surface area (Å²) in [6, 6.07) is 6.56. The highest BCUT2D eigenvalue weighted by Gasteiger charge is 2.25. The molecule has 0 bridgehead atoms. The lowest BCUT2D eigenvalue weighted by Crippen LogP contribution is -2.34. The van der Waals surface area contributed by atoms with Crippen LogP contribution in [0.4, 0.5) is 11.6 Å². The lowest BCUT2D eigenvalue weighted by atomic mass is 9.82. The molecule has 0 aliphatic heterocycles. The molecule has 1 aliphatic rings. The summed E-state index contributed by atoms with van der Waals surface area (Å²) in [5.41, 5.74) is 5.74. The number of rotatable bonds is 4. The molecule has 1 aliphatic carbocycles. The van der Waals surface area contributed by atoms with Crippen molar-refractivity contribution in [2.45, 2.75) is 46.6 Å². The fourth-order valence-electron chi connectivity index (χ4n) is 3.45. The molecule has 1 N–H and O–H groups in total. The van der Waals surface area contributed by atoms with E-state index in [0.29, 0.717) is 12.0 Å². The first-order chi connectivity index (χ1) is 12.5. The zero-order valence-electron chi connectivity index (χ0n) is 15.7. The quantitative estimate of drug-likeness (QED) is 0.709. The first-order valence-corrected chi connectivity index (χ1v) is 9.10. The van der Waals surface area contributed by atoms with Crippen molar-refractivity contribution in [1.82, 2.24) is 19.6 Å². The average Bonchev–Trinajstić information content (AvgIpc) is 2.98. The molecule has 26 heavy (non-hydrogen) atoms. The van der Waals surface area contributed by atoms with Crippen molar-refractivity contribution in [3.8, 4) is 11.3 Å². The van der Waals surface area contributed by atoms with Gasteiger partial charge in [-0.25, -0.2) is 9.50 Å². The fraction of sp³-hybridized carbons (Fsp3) is 0.400. The molecular formula is C20H24N6. The number of aryl methyl sites for hydroxylation is 1. The zero-order chi connectivity index (χ0) is 18.3. The Balaban J connectivity index is 1.63. The lowest BCUT2D eigenvalue weighted by molar-refractivity contribution is 0.307. The van der Waals surface area contributed by atoms with Crippen LogP contribution >= 0.6 is 0 Å². The van der Waals surface area contributed by atoms with Crippen molar-refractivity contribution < 1.29 is 0 Å². The number of fused-ring (bicyclic) bond motifs is 1.